The topological polar surface area (TPSA) is 72.2 Å². The van der Waals surface area contributed by atoms with Crippen LogP contribution < -0.4 is 5.43 Å². The van der Waals surface area contributed by atoms with Gasteiger partial charge in [-0.1, -0.05) is 30.3 Å². The Kier molecular flexibility index (Phi) is 4.99. The molecule has 1 amide bonds. The van der Waals surface area contributed by atoms with Crippen molar-refractivity contribution in [3.8, 4) is 0 Å². The molecule has 0 unspecified atom stereocenters. The molecule has 0 aliphatic rings. The van der Waals surface area contributed by atoms with Crippen LogP contribution in [-0.4, -0.2) is 26.9 Å². The third kappa shape index (κ3) is 3.98. The number of rotatable bonds is 5. The van der Waals surface area contributed by atoms with E-state index in [1.165, 1.54) is 11.8 Å². The average molecular weight is 333 g/mol. The van der Waals surface area contributed by atoms with Crippen molar-refractivity contribution in [2.24, 2.45) is 5.10 Å². The van der Waals surface area contributed by atoms with Crippen LogP contribution in [0.3, 0.4) is 0 Å². The maximum atomic E-state index is 12.0. The Hall–Kier alpha value is -3.28. The zero-order valence-corrected chi connectivity index (χ0v) is 14.2. The molecule has 6 nitrogen and oxygen atoms in total. The first-order chi connectivity index (χ1) is 12.1. The molecule has 126 valence electrons. The lowest BCUT2D eigenvalue weighted by Crippen LogP contribution is -2.17. The number of hydrogen-bond donors (Lipinski definition) is 1. The molecule has 0 bridgehead atoms. The summed E-state index contributed by atoms with van der Waals surface area (Å²) in [6.45, 7) is 4.62. The maximum absolute atomic E-state index is 12.0. The van der Waals surface area contributed by atoms with Crippen molar-refractivity contribution >= 4 is 12.1 Å². The van der Waals surface area contributed by atoms with Crippen LogP contribution in [0.4, 0.5) is 0 Å². The van der Waals surface area contributed by atoms with Gasteiger partial charge < -0.3 is 0 Å². The van der Waals surface area contributed by atoms with Crippen LogP contribution in [0.25, 0.3) is 0 Å². The van der Waals surface area contributed by atoms with E-state index < -0.39 is 0 Å². The molecule has 0 saturated heterocycles. The quantitative estimate of drug-likeness (QED) is 0.576. The van der Waals surface area contributed by atoms with Crippen LogP contribution in [0.5, 0.6) is 0 Å². The standard InChI is InChI=1S/C19H19N5O/c1-14-18(12-21-22-19(25)17-9-6-10-20-11-17)15(2)24(23-14)13-16-7-4-3-5-8-16/h3-12H,13H2,1-2H3,(H,22,25). The second-order valence-corrected chi connectivity index (χ2v) is 5.67. The Morgan fingerprint density at radius 3 is 2.72 bits per heavy atom. The second-order valence-electron chi connectivity index (χ2n) is 5.67. The van der Waals surface area contributed by atoms with E-state index >= 15 is 0 Å². The Labute approximate surface area is 146 Å². The Morgan fingerprint density at radius 1 is 1.20 bits per heavy atom. The highest BCUT2D eigenvalue weighted by atomic mass is 16.2. The Bertz CT molecular complexity index is 885. The summed E-state index contributed by atoms with van der Waals surface area (Å²) in [7, 11) is 0. The van der Waals surface area contributed by atoms with Crippen LogP contribution in [0.15, 0.2) is 60.0 Å². The number of nitrogens with zero attached hydrogens (tertiary/aromatic N) is 4. The van der Waals surface area contributed by atoms with Crippen LogP contribution in [0.2, 0.25) is 0 Å². The molecule has 1 aromatic carbocycles. The van der Waals surface area contributed by atoms with Crippen LogP contribution in [0.1, 0.15) is 32.9 Å². The normalized spacial score (nSPS) is 11.0. The summed E-state index contributed by atoms with van der Waals surface area (Å²) in [5.41, 5.74) is 6.94. The summed E-state index contributed by atoms with van der Waals surface area (Å²) in [5, 5.41) is 8.62. The number of amides is 1. The zero-order valence-electron chi connectivity index (χ0n) is 14.2. The molecule has 0 aliphatic carbocycles. The highest BCUT2D eigenvalue weighted by molar-refractivity contribution is 5.94. The van der Waals surface area contributed by atoms with Gasteiger partial charge in [0, 0.05) is 23.7 Å². The van der Waals surface area contributed by atoms with Crippen molar-refractivity contribution in [2.75, 3.05) is 0 Å². The van der Waals surface area contributed by atoms with Gasteiger partial charge >= 0.3 is 0 Å². The van der Waals surface area contributed by atoms with E-state index in [0.717, 1.165) is 17.0 Å². The van der Waals surface area contributed by atoms with Gasteiger partial charge in [-0.05, 0) is 31.5 Å². The molecule has 3 rings (SSSR count). The molecule has 6 heteroatoms. The highest BCUT2D eigenvalue weighted by Crippen LogP contribution is 2.12. The van der Waals surface area contributed by atoms with Crippen LogP contribution >= 0.6 is 0 Å². The fourth-order valence-electron chi connectivity index (χ4n) is 2.52. The van der Waals surface area contributed by atoms with Crippen LogP contribution in [0, 0.1) is 13.8 Å². The van der Waals surface area contributed by atoms with Crippen molar-refractivity contribution in [1.29, 1.82) is 0 Å². The Balaban J connectivity index is 1.71. The number of nitrogens with one attached hydrogen (secondary N) is 1. The molecule has 3 aromatic rings. The first-order valence-corrected chi connectivity index (χ1v) is 7.96. The van der Waals surface area contributed by atoms with Gasteiger partial charge in [-0.25, -0.2) is 5.43 Å². The van der Waals surface area contributed by atoms with Crippen molar-refractivity contribution in [3.05, 3.63) is 82.9 Å². The molecule has 0 radical (unpaired) electrons. The van der Waals surface area contributed by atoms with E-state index in [1.54, 1.807) is 24.5 Å². The largest absolute Gasteiger partial charge is 0.272 e. The molecule has 0 saturated carbocycles. The molecule has 25 heavy (non-hydrogen) atoms. The lowest BCUT2D eigenvalue weighted by Gasteiger charge is -2.04. The number of carbonyl (C=O) groups excluding carboxylic acids is 1. The molecule has 0 aliphatic heterocycles. The summed E-state index contributed by atoms with van der Waals surface area (Å²) < 4.78 is 1.94. The number of aromatic nitrogens is 3. The molecule has 0 atom stereocenters. The van der Waals surface area contributed by atoms with E-state index in [9.17, 15) is 4.79 Å². The Morgan fingerprint density at radius 2 is 2.00 bits per heavy atom. The van der Waals surface area contributed by atoms with E-state index in [-0.39, 0.29) is 5.91 Å². The smallest absolute Gasteiger partial charge is 0.267 e. The lowest BCUT2D eigenvalue weighted by molar-refractivity contribution is 0.0955. The van der Waals surface area contributed by atoms with E-state index in [0.29, 0.717) is 12.1 Å². The lowest BCUT2D eigenvalue weighted by atomic mass is 10.2. The van der Waals surface area contributed by atoms with Gasteiger partial charge in [-0.3, -0.25) is 14.5 Å². The minimum atomic E-state index is -0.295. The molecule has 1 N–H and O–H groups in total. The fourth-order valence-corrected chi connectivity index (χ4v) is 2.52. The van der Waals surface area contributed by atoms with Gasteiger partial charge in [-0.15, -0.1) is 0 Å². The minimum absolute atomic E-state index is 0.295. The van der Waals surface area contributed by atoms with E-state index in [1.807, 2.05) is 36.7 Å². The molecular formula is C19H19N5O. The summed E-state index contributed by atoms with van der Waals surface area (Å²) in [6, 6.07) is 13.5. The third-order valence-corrected chi connectivity index (χ3v) is 3.90. The fraction of sp³-hybridized carbons (Fsp3) is 0.158. The monoisotopic (exact) mass is 333 g/mol. The number of benzene rings is 1. The molecule has 2 aromatic heterocycles. The number of aryl methyl sites for hydroxylation is 1. The second kappa shape index (κ2) is 7.53. The van der Waals surface area contributed by atoms with Crippen molar-refractivity contribution in [3.63, 3.8) is 0 Å². The van der Waals surface area contributed by atoms with Crippen molar-refractivity contribution < 1.29 is 4.79 Å². The first-order valence-electron chi connectivity index (χ1n) is 7.96. The number of hydrazone groups is 1. The van der Waals surface area contributed by atoms with Crippen LogP contribution in [-0.2, 0) is 6.54 Å². The van der Waals surface area contributed by atoms with Gasteiger partial charge in [0.1, 0.15) is 0 Å². The van der Waals surface area contributed by atoms with Gasteiger partial charge in [0.15, 0.2) is 0 Å². The molecule has 2 heterocycles. The summed E-state index contributed by atoms with van der Waals surface area (Å²) >= 11 is 0. The van der Waals surface area contributed by atoms with Gasteiger partial charge in [-0.2, -0.15) is 10.2 Å². The molecular weight excluding hydrogens is 314 g/mol. The summed E-state index contributed by atoms with van der Waals surface area (Å²) in [4.78, 5) is 15.9. The summed E-state index contributed by atoms with van der Waals surface area (Å²) in [6.07, 6.45) is 4.75. The zero-order chi connectivity index (χ0) is 17.6. The van der Waals surface area contributed by atoms with Crippen molar-refractivity contribution in [2.45, 2.75) is 20.4 Å². The number of carbonyl (C=O) groups is 1. The molecule has 0 fully saturated rings. The van der Waals surface area contributed by atoms with E-state index in [2.05, 4.69) is 32.7 Å². The van der Waals surface area contributed by atoms with Gasteiger partial charge in [0.05, 0.1) is 24.0 Å². The van der Waals surface area contributed by atoms with Gasteiger partial charge in [0.25, 0.3) is 5.91 Å². The SMILES string of the molecule is Cc1nn(Cc2ccccc2)c(C)c1C=NNC(=O)c1cccnc1. The maximum Gasteiger partial charge on any atom is 0.272 e. The summed E-state index contributed by atoms with van der Waals surface area (Å²) in [5.74, 6) is -0.295. The predicted molar refractivity (Wildman–Crippen MR) is 96.5 cm³/mol. The van der Waals surface area contributed by atoms with E-state index in [4.69, 9.17) is 0 Å². The number of hydrogen-bond acceptors (Lipinski definition) is 4. The third-order valence-electron chi connectivity index (χ3n) is 3.90. The predicted octanol–water partition coefficient (Wildman–Crippen LogP) is 2.71. The first kappa shape index (κ1) is 16.6. The average Bonchev–Trinajstić information content (AvgIpc) is 2.90. The van der Waals surface area contributed by atoms with Gasteiger partial charge in [0.2, 0.25) is 0 Å². The molecule has 0 spiro atoms. The minimum Gasteiger partial charge on any atom is -0.267 e. The highest BCUT2D eigenvalue weighted by Gasteiger charge is 2.10. The van der Waals surface area contributed by atoms with Crippen molar-refractivity contribution in [1.82, 2.24) is 20.2 Å². The number of pyridine rings is 1.